The fraction of sp³-hybridized carbons (Fsp3) is 0.333. The first kappa shape index (κ1) is 12.3. The van der Waals surface area contributed by atoms with Crippen molar-refractivity contribution >= 4 is 24.2 Å². The lowest BCUT2D eigenvalue weighted by molar-refractivity contribution is 0.232. The first-order valence-corrected chi connectivity index (χ1v) is 4.81. The van der Waals surface area contributed by atoms with Crippen LogP contribution >= 0.6 is 11.6 Å². The molecule has 0 radical (unpaired) electrons. The number of rotatable bonds is 3. The molecule has 1 aromatic carbocycles. The second kappa shape index (κ2) is 4.83. The van der Waals surface area contributed by atoms with Crippen LogP contribution in [0.4, 0.5) is 4.39 Å². The molecule has 3 nitrogen and oxygen atoms in total. The van der Waals surface area contributed by atoms with Crippen LogP contribution in [-0.4, -0.2) is 23.3 Å². The van der Waals surface area contributed by atoms with E-state index in [1.165, 1.54) is 6.07 Å². The predicted molar refractivity (Wildman–Crippen MR) is 57.0 cm³/mol. The number of ether oxygens (including phenoxy) is 1. The normalized spacial score (nSPS) is 10.6. The molecule has 0 heterocycles. The molecule has 0 aliphatic carbocycles. The highest BCUT2D eigenvalue weighted by molar-refractivity contribution is 6.60. The molecule has 2 N–H and O–H groups in total. The van der Waals surface area contributed by atoms with Gasteiger partial charge in [0, 0.05) is 10.5 Å². The second-order valence-electron chi connectivity index (χ2n) is 3.35. The lowest BCUT2D eigenvalue weighted by atomic mass is 9.79. The van der Waals surface area contributed by atoms with E-state index < -0.39 is 12.9 Å². The van der Waals surface area contributed by atoms with Crippen LogP contribution in [0.3, 0.4) is 0 Å². The number of halogens is 2. The summed E-state index contributed by atoms with van der Waals surface area (Å²) in [4.78, 5) is 0. The third-order valence-electron chi connectivity index (χ3n) is 1.67. The predicted octanol–water partition coefficient (Wildman–Crippen LogP) is 0.946. The van der Waals surface area contributed by atoms with Crippen LogP contribution in [0.1, 0.15) is 13.8 Å². The van der Waals surface area contributed by atoms with Gasteiger partial charge in [-0.3, -0.25) is 0 Å². The SMILES string of the molecule is CC(C)Oc1c(F)cc(Cl)cc1B(O)O. The van der Waals surface area contributed by atoms with Gasteiger partial charge < -0.3 is 14.8 Å². The molecule has 82 valence electrons. The monoisotopic (exact) mass is 232 g/mol. The van der Waals surface area contributed by atoms with Gasteiger partial charge in [-0.05, 0) is 26.0 Å². The Balaban J connectivity index is 3.21. The number of hydrogen-bond donors (Lipinski definition) is 2. The van der Waals surface area contributed by atoms with E-state index in [1.54, 1.807) is 13.8 Å². The lowest BCUT2D eigenvalue weighted by Crippen LogP contribution is -2.33. The van der Waals surface area contributed by atoms with Gasteiger partial charge in [0.2, 0.25) is 0 Å². The van der Waals surface area contributed by atoms with Crippen LogP contribution in [0.2, 0.25) is 5.02 Å². The van der Waals surface area contributed by atoms with E-state index in [4.69, 9.17) is 26.4 Å². The van der Waals surface area contributed by atoms with Crippen LogP contribution in [0.5, 0.6) is 5.75 Å². The molecular formula is C9H11BClFO3. The van der Waals surface area contributed by atoms with Crippen molar-refractivity contribution in [2.24, 2.45) is 0 Å². The Bertz CT molecular complexity index is 357. The van der Waals surface area contributed by atoms with Crippen molar-refractivity contribution < 1.29 is 19.2 Å². The molecule has 1 rings (SSSR count). The van der Waals surface area contributed by atoms with E-state index in [2.05, 4.69) is 0 Å². The molecule has 15 heavy (non-hydrogen) atoms. The first-order valence-electron chi connectivity index (χ1n) is 4.43. The van der Waals surface area contributed by atoms with E-state index in [1.807, 2.05) is 0 Å². The molecule has 0 fully saturated rings. The summed E-state index contributed by atoms with van der Waals surface area (Å²) in [6.45, 7) is 3.42. The molecule has 0 amide bonds. The quantitative estimate of drug-likeness (QED) is 0.763. The fourth-order valence-electron chi connectivity index (χ4n) is 1.13. The summed E-state index contributed by atoms with van der Waals surface area (Å²) in [5, 5.41) is 18.1. The van der Waals surface area contributed by atoms with E-state index in [-0.39, 0.29) is 22.3 Å². The van der Waals surface area contributed by atoms with E-state index in [9.17, 15) is 4.39 Å². The summed E-state index contributed by atoms with van der Waals surface area (Å²) in [5.74, 6) is -0.885. The first-order chi connectivity index (χ1) is 6.91. The average Bonchev–Trinajstić information content (AvgIpc) is 2.08. The Kier molecular flexibility index (Phi) is 3.96. The summed E-state index contributed by atoms with van der Waals surface area (Å²) >= 11 is 5.58. The minimum absolute atomic E-state index is 0.0753. The van der Waals surface area contributed by atoms with Crippen molar-refractivity contribution in [3.8, 4) is 5.75 Å². The third kappa shape index (κ3) is 3.09. The zero-order valence-corrected chi connectivity index (χ0v) is 9.12. The Morgan fingerprint density at radius 1 is 1.40 bits per heavy atom. The van der Waals surface area contributed by atoms with E-state index in [0.29, 0.717) is 0 Å². The summed E-state index contributed by atoms with van der Waals surface area (Å²) in [6.07, 6.45) is -0.266. The van der Waals surface area contributed by atoms with Gasteiger partial charge in [-0.25, -0.2) is 4.39 Å². The summed E-state index contributed by atoms with van der Waals surface area (Å²) in [5.41, 5.74) is -0.0753. The molecule has 6 heteroatoms. The summed E-state index contributed by atoms with van der Waals surface area (Å²) in [6, 6.07) is 2.32. The molecule has 0 saturated carbocycles. The molecule has 0 saturated heterocycles. The van der Waals surface area contributed by atoms with E-state index >= 15 is 0 Å². The van der Waals surface area contributed by atoms with Gasteiger partial charge in [0.15, 0.2) is 11.6 Å². The van der Waals surface area contributed by atoms with Gasteiger partial charge in [-0.2, -0.15) is 0 Å². The molecule has 0 aliphatic heterocycles. The van der Waals surface area contributed by atoms with Crippen LogP contribution in [0, 0.1) is 5.82 Å². The smallest absolute Gasteiger partial charge is 0.488 e. The van der Waals surface area contributed by atoms with Gasteiger partial charge in [-0.1, -0.05) is 11.6 Å². The molecule has 0 aromatic heterocycles. The Hall–Kier alpha value is -0.775. The van der Waals surface area contributed by atoms with Crippen molar-refractivity contribution in [3.05, 3.63) is 23.0 Å². The average molecular weight is 232 g/mol. The highest BCUT2D eigenvalue weighted by atomic mass is 35.5. The topological polar surface area (TPSA) is 49.7 Å². The third-order valence-corrected chi connectivity index (χ3v) is 1.89. The van der Waals surface area contributed by atoms with Crippen LogP contribution in [-0.2, 0) is 0 Å². The van der Waals surface area contributed by atoms with Crippen molar-refractivity contribution in [1.82, 2.24) is 0 Å². The van der Waals surface area contributed by atoms with Crippen LogP contribution in [0.25, 0.3) is 0 Å². The van der Waals surface area contributed by atoms with Gasteiger partial charge in [-0.15, -0.1) is 0 Å². The molecule has 0 spiro atoms. The van der Waals surface area contributed by atoms with Crippen molar-refractivity contribution in [2.75, 3.05) is 0 Å². The Morgan fingerprint density at radius 2 is 2.00 bits per heavy atom. The van der Waals surface area contributed by atoms with Gasteiger partial charge >= 0.3 is 7.12 Å². The minimum Gasteiger partial charge on any atom is -0.488 e. The van der Waals surface area contributed by atoms with Crippen molar-refractivity contribution in [1.29, 1.82) is 0 Å². The van der Waals surface area contributed by atoms with Gasteiger partial charge in [0.05, 0.1) is 6.10 Å². The molecular weight excluding hydrogens is 221 g/mol. The molecule has 0 aliphatic rings. The second-order valence-corrected chi connectivity index (χ2v) is 3.78. The molecule has 1 aromatic rings. The van der Waals surface area contributed by atoms with E-state index in [0.717, 1.165) is 6.07 Å². The largest absolute Gasteiger partial charge is 0.492 e. The number of hydrogen-bond acceptors (Lipinski definition) is 3. The van der Waals surface area contributed by atoms with Gasteiger partial charge in [0.25, 0.3) is 0 Å². The molecule has 0 atom stereocenters. The molecule has 0 unspecified atom stereocenters. The minimum atomic E-state index is -1.81. The van der Waals surface area contributed by atoms with Crippen molar-refractivity contribution in [3.63, 3.8) is 0 Å². The highest BCUT2D eigenvalue weighted by Gasteiger charge is 2.22. The highest BCUT2D eigenvalue weighted by Crippen LogP contribution is 2.20. The lowest BCUT2D eigenvalue weighted by Gasteiger charge is -2.15. The summed E-state index contributed by atoms with van der Waals surface area (Å²) in [7, 11) is -1.81. The standard InChI is InChI=1S/C9H11BClFO3/c1-5(2)15-9-7(10(13)14)3-6(11)4-8(9)12/h3-5,13-14H,1-2H3. The zero-order valence-electron chi connectivity index (χ0n) is 8.37. The Labute approximate surface area is 92.6 Å². The maximum atomic E-state index is 13.4. The van der Waals surface area contributed by atoms with Crippen LogP contribution in [0.15, 0.2) is 12.1 Å². The Morgan fingerprint density at radius 3 is 2.47 bits per heavy atom. The van der Waals surface area contributed by atoms with Crippen molar-refractivity contribution in [2.45, 2.75) is 20.0 Å². The maximum Gasteiger partial charge on any atom is 0.492 e. The maximum absolute atomic E-state index is 13.4. The number of benzene rings is 1. The fourth-order valence-corrected chi connectivity index (χ4v) is 1.35. The molecule has 0 bridgehead atoms. The van der Waals surface area contributed by atoms with Crippen LogP contribution < -0.4 is 10.2 Å². The van der Waals surface area contributed by atoms with Gasteiger partial charge in [0.1, 0.15) is 0 Å². The summed E-state index contributed by atoms with van der Waals surface area (Å²) < 4.78 is 18.5. The zero-order chi connectivity index (χ0) is 11.6.